The van der Waals surface area contributed by atoms with Crippen molar-refractivity contribution in [3.63, 3.8) is 0 Å². The first kappa shape index (κ1) is 20.2. The van der Waals surface area contributed by atoms with Crippen LogP contribution in [0.3, 0.4) is 0 Å². The molecule has 0 unspecified atom stereocenters. The predicted molar refractivity (Wildman–Crippen MR) is 113 cm³/mol. The van der Waals surface area contributed by atoms with E-state index in [9.17, 15) is 4.79 Å². The number of ether oxygens (including phenoxy) is 3. The van der Waals surface area contributed by atoms with Gasteiger partial charge >= 0.3 is 0 Å². The topological polar surface area (TPSA) is 91.8 Å². The molecular formula is C22H26N4O4. The molecule has 1 saturated heterocycles. The van der Waals surface area contributed by atoms with E-state index in [2.05, 4.69) is 10.00 Å². The Hall–Kier alpha value is -3.10. The maximum absolute atomic E-state index is 11.9. The van der Waals surface area contributed by atoms with Crippen molar-refractivity contribution in [3.05, 3.63) is 48.2 Å². The normalized spacial score (nSPS) is 14.7. The molecule has 0 radical (unpaired) electrons. The number of nitrogens with two attached hydrogens (primary N) is 1. The monoisotopic (exact) mass is 410 g/mol. The minimum Gasteiger partial charge on any atom is -0.494 e. The molecule has 2 heterocycles. The molecule has 1 aliphatic rings. The molecule has 0 aliphatic carbocycles. The second-order valence-electron chi connectivity index (χ2n) is 7.27. The van der Waals surface area contributed by atoms with Gasteiger partial charge in [0.2, 0.25) is 0 Å². The van der Waals surface area contributed by atoms with Gasteiger partial charge in [0.05, 0.1) is 37.1 Å². The quantitative estimate of drug-likeness (QED) is 0.574. The zero-order valence-corrected chi connectivity index (χ0v) is 17.0. The van der Waals surface area contributed by atoms with E-state index in [-0.39, 0.29) is 0 Å². The zero-order valence-electron chi connectivity index (χ0n) is 17.0. The molecule has 1 fully saturated rings. The fourth-order valence-corrected chi connectivity index (χ4v) is 3.49. The molecule has 8 nitrogen and oxygen atoms in total. The average Bonchev–Trinajstić information content (AvgIpc) is 3.12. The first-order chi connectivity index (χ1) is 14.6. The number of aryl methyl sites for hydroxylation is 1. The number of primary amides is 1. The second kappa shape index (κ2) is 9.15. The number of carbonyl (C=O) groups is 1. The van der Waals surface area contributed by atoms with Crippen molar-refractivity contribution >= 4 is 16.8 Å². The minimum atomic E-state index is -0.545. The number of fused-ring (bicyclic) bond motifs is 1. The van der Waals surface area contributed by atoms with Gasteiger partial charge in [-0.1, -0.05) is 0 Å². The van der Waals surface area contributed by atoms with Gasteiger partial charge < -0.3 is 19.9 Å². The lowest BCUT2D eigenvalue weighted by Crippen LogP contribution is -2.37. The summed E-state index contributed by atoms with van der Waals surface area (Å²) in [5.74, 6) is 1.23. The van der Waals surface area contributed by atoms with Gasteiger partial charge in [-0.3, -0.25) is 14.4 Å². The largest absolute Gasteiger partial charge is 0.494 e. The third kappa shape index (κ3) is 4.72. The third-order valence-electron chi connectivity index (χ3n) is 5.16. The van der Waals surface area contributed by atoms with Crippen LogP contribution in [0.1, 0.15) is 16.8 Å². The van der Waals surface area contributed by atoms with Crippen molar-refractivity contribution in [2.45, 2.75) is 6.42 Å². The van der Waals surface area contributed by atoms with Crippen LogP contribution in [0, 0.1) is 0 Å². The molecule has 30 heavy (non-hydrogen) atoms. The first-order valence-electron chi connectivity index (χ1n) is 10.1. The minimum absolute atomic E-state index is 0.318. The highest BCUT2D eigenvalue weighted by atomic mass is 16.5. The summed E-state index contributed by atoms with van der Waals surface area (Å²) in [7, 11) is 1.83. The zero-order chi connectivity index (χ0) is 20.9. The van der Waals surface area contributed by atoms with Crippen molar-refractivity contribution in [2.24, 2.45) is 12.8 Å². The Labute approximate surface area is 175 Å². The van der Waals surface area contributed by atoms with E-state index < -0.39 is 5.91 Å². The maximum atomic E-state index is 11.9. The number of hydrogen-bond acceptors (Lipinski definition) is 6. The number of carbonyl (C=O) groups excluding carboxylic acids is 1. The number of aromatic nitrogens is 2. The van der Waals surface area contributed by atoms with Crippen molar-refractivity contribution in [1.82, 2.24) is 14.7 Å². The van der Waals surface area contributed by atoms with Crippen LogP contribution in [0.2, 0.25) is 0 Å². The lowest BCUT2D eigenvalue weighted by atomic mass is 10.1. The van der Waals surface area contributed by atoms with Crippen molar-refractivity contribution in [2.75, 3.05) is 39.5 Å². The molecule has 4 rings (SSSR count). The summed E-state index contributed by atoms with van der Waals surface area (Å²) in [4.78, 5) is 14.3. The summed E-state index contributed by atoms with van der Waals surface area (Å²) in [6.07, 6.45) is 2.65. The standard InChI is InChI=1S/C22H26N4O4/c1-25-20-14-21(19(22(23)27)13-16(20)15-24-25)30-18-5-3-17(4-6-18)29-10-2-7-26-8-11-28-12-9-26/h3-6,13-15H,2,7-12H2,1H3,(H2,23,27). The van der Waals surface area contributed by atoms with E-state index in [1.54, 1.807) is 23.0 Å². The van der Waals surface area contributed by atoms with Crippen LogP contribution in [-0.2, 0) is 11.8 Å². The van der Waals surface area contributed by atoms with Gasteiger partial charge in [-0.2, -0.15) is 5.10 Å². The van der Waals surface area contributed by atoms with Gasteiger partial charge in [0.25, 0.3) is 5.91 Å². The molecule has 2 N–H and O–H groups in total. The smallest absolute Gasteiger partial charge is 0.252 e. The van der Waals surface area contributed by atoms with Crippen molar-refractivity contribution in [3.8, 4) is 17.2 Å². The van der Waals surface area contributed by atoms with Gasteiger partial charge in [0.1, 0.15) is 17.2 Å². The molecule has 2 aromatic carbocycles. The molecule has 158 valence electrons. The van der Waals surface area contributed by atoms with Crippen LogP contribution in [0.4, 0.5) is 0 Å². The number of nitrogens with zero attached hydrogens (tertiary/aromatic N) is 3. The van der Waals surface area contributed by atoms with Gasteiger partial charge in [-0.05, 0) is 36.8 Å². The molecule has 0 spiro atoms. The first-order valence-corrected chi connectivity index (χ1v) is 10.1. The summed E-state index contributed by atoms with van der Waals surface area (Å²) >= 11 is 0. The second-order valence-corrected chi connectivity index (χ2v) is 7.27. The molecule has 8 heteroatoms. The van der Waals surface area contributed by atoms with Crippen LogP contribution in [-0.4, -0.2) is 60.0 Å². The predicted octanol–water partition coefficient (Wildman–Crippen LogP) is 2.57. The molecule has 1 aromatic heterocycles. The lowest BCUT2D eigenvalue weighted by Gasteiger charge is -2.26. The Morgan fingerprint density at radius 3 is 2.63 bits per heavy atom. The molecule has 3 aromatic rings. The average molecular weight is 410 g/mol. The third-order valence-corrected chi connectivity index (χ3v) is 5.16. The number of rotatable bonds is 8. The van der Waals surface area contributed by atoms with Crippen molar-refractivity contribution < 1.29 is 19.0 Å². The van der Waals surface area contributed by atoms with Gasteiger partial charge in [-0.15, -0.1) is 0 Å². The molecule has 1 amide bonds. The molecule has 0 saturated carbocycles. The molecular weight excluding hydrogens is 384 g/mol. The lowest BCUT2D eigenvalue weighted by molar-refractivity contribution is 0.0358. The van der Waals surface area contributed by atoms with E-state index in [1.807, 2.05) is 31.3 Å². The fraction of sp³-hybridized carbons (Fsp3) is 0.364. The molecule has 0 bridgehead atoms. The summed E-state index contributed by atoms with van der Waals surface area (Å²) in [6.45, 7) is 5.27. The van der Waals surface area contributed by atoms with E-state index in [0.717, 1.165) is 55.9 Å². The highest BCUT2D eigenvalue weighted by molar-refractivity contribution is 6.00. The summed E-state index contributed by atoms with van der Waals surface area (Å²) in [6, 6.07) is 10.8. The molecule has 0 atom stereocenters. The van der Waals surface area contributed by atoms with E-state index in [0.29, 0.717) is 23.7 Å². The molecule has 1 aliphatic heterocycles. The Balaban J connectivity index is 1.36. The van der Waals surface area contributed by atoms with Crippen LogP contribution in [0.25, 0.3) is 10.9 Å². The summed E-state index contributed by atoms with van der Waals surface area (Å²) in [5, 5.41) is 5.04. The van der Waals surface area contributed by atoms with Gasteiger partial charge in [0, 0.05) is 38.1 Å². The highest BCUT2D eigenvalue weighted by Crippen LogP contribution is 2.30. The van der Waals surface area contributed by atoms with Gasteiger partial charge in [-0.25, -0.2) is 0 Å². The number of hydrogen-bond donors (Lipinski definition) is 1. The number of benzene rings is 2. The van der Waals surface area contributed by atoms with E-state index in [4.69, 9.17) is 19.9 Å². The Morgan fingerprint density at radius 2 is 1.90 bits per heavy atom. The Kier molecular flexibility index (Phi) is 6.15. The van der Waals surface area contributed by atoms with Crippen LogP contribution in [0.5, 0.6) is 17.2 Å². The SMILES string of the molecule is Cn1ncc2cc(C(N)=O)c(Oc3ccc(OCCCN4CCOCC4)cc3)cc21. The maximum Gasteiger partial charge on any atom is 0.252 e. The Bertz CT molecular complexity index is 1010. The van der Waals surface area contributed by atoms with E-state index >= 15 is 0 Å². The summed E-state index contributed by atoms with van der Waals surface area (Å²) < 4.78 is 18.9. The van der Waals surface area contributed by atoms with Crippen LogP contribution in [0.15, 0.2) is 42.6 Å². The number of morpholine rings is 1. The van der Waals surface area contributed by atoms with Crippen molar-refractivity contribution in [1.29, 1.82) is 0 Å². The highest BCUT2D eigenvalue weighted by Gasteiger charge is 2.14. The Morgan fingerprint density at radius 1 is 1.17 bits per heavy atom. The van der Waals surface area contributed by atoms with Gasteiger partial charge in [0.15, 0.2) is 0 Å². The van der Waals surface area contributed by atoms with Crippen LogP contribution >= 0.6 is 0 Å². The fourth-order valence-electron chi connectivity index (χ4n) is 3.49. The summed E-state index contributed by atoms with van der Waals surface area (Å²) in [5.41, 5.74) is 6.71. The van der Waals surface area contributed by atoms with Crippen LogP contribution < -0.4 is 15.2 Å². The van der Waals surface area contributed by atoms with E-state index in [1.165, 1.54) is 0 Å². The number of amides is 1.